The lowest BCUT2D eigenvalue weighted by atomic mass is 10.1. The molecule has 1 amide bonds. The van der Waals surface area contributed by atoms with Crippen LogP contribution in [0.4, 0.5) is 4.39 Å². The first-order chi connectivity index (χ1) is 12.6. The van der Waals surface area contributed by atoms with Gasteiger partial charge in [-0.05, 0) is 62.0 Å². The molecule has 1 aromatic carbocycles. The molecular formula is C20H25FN2O2S. The van der Waals surface area contributed by atoms with Gasteiger partial charge in [-0.15, -0.1) is 11.3 Å². The van der Waals surface area contributed by atoms with Crippen molar-refractivity contribution >= 4 is 17.2 Å². The molecule has 1 saturated heterocycles. The summed E-state index contributed by atoms with van der Waals surface area (Å²) in [5.74, 6) is 0.670. The molecule has 1 fully saturated rings. The fraction of sp³-hybridized carbons (Fsp3) is 0.450. The summed E-state index contributed by atoms with van der Waals surface area (Å²) in [5, 5.41) is 5.43. The maximum absolute atomic E-state index is 12.8. The third-order valence-corrected chi connectivity index (χ3v) is 5.80. The fourth-order valence-corrected chi connectivity index (χ4v) is 4.19. The molecule has 0 bridgehead atoms. The van der Waals surface area contributed by atoms with Crippen molar-refractivity contribution in [2.75, 3.05) is 19.7 Å². The van der Waals surface area contributed by atoms with Gasteiger partial charge in [0.1, 0.15) is 18.2 Å². The van der Waals surface area contributed by atoms with E-state index in [0.717, 1.165) is 25.9 Å². The van der Waals surface area contributed by atoms with Gasteiger partial charge in [0.25, 0.3) is 0 Å². The lowest BCUT2D eigenvalue weighted by molar-refractivity contribution is -0.131. The quantitative estimate of drug-likeness (QED) is 0.673. The lowest BCUT2D eigenvalue weighted by Crippen LogP contribution is -2.37. The highest BCUT2D eigenvalue weighted by Crippen LogP contribution is 2.33. The molecule has 2 unspecified atom stereocenters. The van der Waals surface area contributed by atoms with Crippen molar-refractivity contribution < 1.29 is 13.9 Å². The predicted octanol–water partition coefficient (Wildman–Crippen LogP) is 4.00. The van der Waals surface area contributed by atoms with E-state index in [4.69, 9.17) is 4.74 Å². The van der Waals surface area contributed by atoms with E-state index in [0.29, 0.717) is 24.8 Å². The monoisotopic (exact) mass is 376 g/mol. The van der Waals surface area contributed by atoms with Crippen LogP contribution < -0.4 is 10.1 Å². The van der Waals surface area contributed by atoms with Gasteiger partial charge in [0.15, 0.2) is 0 Å². The Hall–Kier alpha value is -1.92. The van der Waals surface area contributed by atoms with E-state index in [1.165, 1.54) is 17.0 Å². The van der Waals surface area contributed by atoms with Crippen molar-refractivity contribution in [3.05, 3.63) is 52.5 Å². The minimum atomic E-state index is -0.261. The smallest absolute Gasteiger partial charge is 0.223 e. The number of hydrogen-bond donors (Lipinski definition) is 1. The SMILES string of the molecule is CC(c1cccs1)N1C(=O)CCC1CCNCCOc1ccc(F)cc1. The number of likely N-dealkylation sites (tertiary alicyclic amines) is 1. The zero-order valence-corrected chi connectivity index (χ0v) is 15.8. The second-order valence-electron chi connectivity index (χ2n) is 6.53. The van der Waals surface area contributed by atoms with Gasteiger partial charge >= 0.3 is 0 Å². The van der Waals surface area contributed by atoms with E-state index in [2.05, 4.69) is 28.6 Å². The maximum atomic E-state index is 12.8. The zero-order valence-electron chi connectivity index (χ0n) is 15.0. The first-order valence-corrected chi connectivity index (χ1v) is 9.97. The van der Waals surface area contributed by atoms with Crippen LogP contribution in [0.25, 0.3) is 0 Å². The molecule has 1 aromatic heterocycles. The second kappa shape index (κ2) is 9.14. The Bertz CT molecular complexity index is 690. The number of nitrogens with one attached hydrogen (secondary N) is 1. The standard InChI is InChI=1S/C20H25FN2O2S/c1-15(19-3-2-14-26-19)23-17(6-9-20(23)24)10-11-22-12-13-25-18-7-4-16(21)5-8-18/h2-5,7-8,14-15,17,22H,6,9-13H2,1H3. The molecule has 1 aliphatic heterocycles. The normalized spacial score (nSPS) is 18.3. The number of carbonyl (C=O) groups excluding carboxylic acids is 1. The second-order valence-corrected chi connectivity index (χ2v) is 7.51. The summed E-state index contributed by atoms with van der Waals surface area (Å²) in [6.07, 6.45) is 2.52. The van der Waals surface area contributed by atoms with Gasteiger partial charge < -0.3 is 15.0 Å². The van der Waals surface area contributed by atoms with Crippen LogP contribution in [0.15, 0.2) is 41.8 Å². The van der Waals surface area contributed by atoms with E-state index < -0.39 is 0 Å². The van der Waals surface area contributed by atoms with Crippen LogP contribution in [0.3, 0.4) is 0 Å². The van der Waals surface area contributed by atoms with Crippen molar-refractivity contribution in [3.63, 3.8) is 0 Å². The summed E-state index contributed by atoms with van der Waals surface area (Å²) >= 11 is 1.71. The molecule has 4 nitrogen and oxygen atoms in total. The van der Waals surface area contributed by atoms with Gasteiger partial charge in [0, 0.05) is 23.9 Å². The summed E-state index contributed by atoms with van der Waals surface area (Å²) < 4.78 is 18.4. The summed E-state index contributed by atoms with van der Waals surface area (Å²) in [4.78, 5) is 15.6. The number of hydrogen-bond acceptors (Lipinski definition) is 4. The zero-order chi connectivity index (χ0) is 18.4. The van der Waals surface area contributed by atoms with Crippen LogP contribution in [-0.2, 0) is 4.79 Å². The third kappa shape index (κ3) is 4.83. The van der Waals surface area contributed by atoms with E-state index in [9.17, 15) is 9.18 Å². The molecule has 0 saturated carbocycles. The predicted molar refractivity (Wildman–Crippen MR) is 102 cm³/mol. The minimum Gasteiger partial charge on any atom is -0.492 e. The number of ether oxygens (including phenoxy) is 1. The molecule has 1 aliphatic rings. The molecule has 26 heavy (non-hydrogen) atoms. The molecule has 3 rings (SSSR count). The molecule has 6 heteroatoms. The molecule has 0 spiro atoms. The largest absolute Gasteiger partial charge is 0.492 e. The Balaban J connectivity index is 1.38. The first kappa shape index (κ1) is 18.9. The van der Waals surface area contributed by atoms with E-state index >= 15 is 0 Å². The summed E-state index contributed by atoms with van der Waals surface area (Å²) in [6.45, 7) is 4.22. The van der Waals surface area contributed by atoms with Gasteiger partial charge in [-0.1, -0.05) is 6.07 Å². The topological polar surface area (TPSA) is 41.6 Å². The van der Waals surface area contributed by atoms with Crippen LogP contribution in [0.2, 0.25) is 0 Å². The van der Waals surface area contributed by atoms with Crippen molar-refractivity contribution in [2.24, 2.45) is 0 Å². The number of halogens is 1. The Labute approximate surface area is 158 Å². The Kier molecular flexibility index (Phi) is 6.63. The van der Waals surface area contributed by atoms with Crippen LogP contribution in [0.1, 0.15) is 37.1 Å². The van der Waals surface area contributed by atoms with Gasteiger partial charge in [0.2, 0.25) is 5.91 Å². The number of carbonyl (C=O) groups is 1. The van der Waals surface area contributed by atoms with Gasteiger partial charge in [-0.25, -0.2) is 4.39 Å². The van der Waals surface area contributed by atoms with Crippen LogP contribution in [0.5, 0.6) is 5.75 Å². The van der Waals surface area contributed by atoms with Crippen LogP contribution in [0, 0.1) is 5.82 Å². The fourth-order valence-electron chi connectivity index (χ4n) is 3.41. The van der Waals surface area contributed by atoms with Crippen molar-refractivity contribution in [1.29, 1.82) is 0 Å². The van der Waals surface area contributed by atoms with Crippen molar-refractivity contribution in [2.45, 2.75) is 38.3 Å². The molecule has 2 heterocycles. The summed E-state index contributed by atoms with van der Waals surface area (Å²) in [7, 11) is 0. The highest BCUT2D eigenvalue weighted by atomic mass is 32.1. The Morgan fingerprint density at radius 3 is 2.85 bits per heavy atom. The number of benzene rings is 1. The van der Waals surface area contributed by atoms with Crippen molar-refractivity contribution in [1.82, 2.24) is 10.2 Å². The molecule has 1 N–H and O–H groups in total. The highest BCUT2D eigenvalue weighted by Gasteiger charge is 2.34. The lowest BCUT2D eigenvalue weighted by Gasteiger charge is -2.30. The van der Waals surface area contributed by atoms with Gasteiger partial charge in [-0.2, -0.15) is 0 Å². The van der Waals surface area contributed by atoms with Gasteiger partial charge in [-0.3, -0.25) is 4.79 Å². The highest BCUT2D eigenvalue weighted by molar-refractivity contribution is 7.10. The Morgan fingerprint density at radius 1 is 1.31 bits per heavy atom. The van der Waals surface area contributed by atoms with Gasteiger partial charge in [0.05, 0.1) is 6.04 Å². The number of amides is 1. The number of thiophene rings is 1. The third-order valence-electron chi connectivity index (χ3n) is 4.76. The maximum Gasteiger partial charge on any atom is 0.223 e. The number of rotatable bonds is 9. The summed E-state index contributed by atoms with van der Waals surface area (Å²) in [5.41, 5.74) is 0. The Morgan fingerprint density at radius 2 is 2.12 bits per heavy atom. The van der Waals surface area contributed by atoms with E-state index in [1.54, 1.807) is 23.5 Å². The van der Waals surface area contributed by atoms with Crippen molar-refractivity contribution in [3.8, 4) is 5.75 Å². The molecule has 2 atom stereocenters. The molecule has 0 aliphatic carbocycles. The average Bonchev–Trinajstić information content (AvgIpc) is 3.29. The molecule has 140 valence electrons. The minimum absolute atomic E-state index is 0.150. The van der Waals surface area contributed by atoms with E-state index in [1.807, 2.05) is 6.07 Å². The summed E-state index contributed by atoms with van der Waals surface area (Å²) in [6, 6.07) is 10.6. The van der Waals surface area contributed by atoms with Crippen LogP contribution >= 0.6 is 11.3 Å². The molecule has 0 radical (unpaired) electrons. The average molecular weight is 376 g/mol. The number of nitrogens with zero attached hydrogens (tertiary/aromatic N) is 1. The van der Waals surface area contributed by atoms with Crippen LogP contribution in [-0.4, -0.2) is 36.5 Å². The molecular weight excluding hydrogens is 351 g/mol. The van der Waals surface area contributed by atoms with E-state index in [-0.39, 0.29) is 17.8 Å². The molecule has 2 aromatic rings. The first-order valence-electron chi connectivity index (χ1n) is 9.09.